The van der Waals surface area contributed by atoms with E-state index in [1.807, 2.05) is 0 Å². The van der Waals surface area contributed by atoms with Crippen LogP contribution in [0.3, 0.4) is 0 Å². The van der Waals surface area contributed by atoms with E-state index in [4.69, 9.17) is 10.2 Å². The standard InChI is InChI=1S/C31H65NO2/c1-2-3-4-5-6-7-8-9-12-17-22-27-32(28-23-18-13-10-15-20-25-30-33)29-24-19-14-11-16-21-26-31-34/h33-34H,2-31H2,1H3. The fraction of sp³-hybridized carbons (Fsp3) is 1.00. The molecule has 0 aromatic heterocycles. The Balaban J connectivity index is 3.82. The van der Waals surface area contributed by atoms with Crippen LogP contribution >= 0.6 is 0 Å². The molecule has 206 valence electrons. The quantitative estimate of drug-likeness (QED) is 0.100. The first kappa shape index (κ1) is 33.9. The third-order valence-corrected chi connectivity index (χ3v) is 7.34. The second-order valence-corrected chi connectivity index (χ2v) is 10.8. The van der Waals surface area contributed by atoms with Crippen LogP contribution in [-0.4, -0.2) is 48.0 Å². The van der Waals surface area contributed by atoms with Gasteiger partial charge in [-0.05, 0) is 51.7 Å². The lowest BCUT2D eigenvalue weighted by molar-refractivity contribution is 0.253. The van der Waals surface area contributed by atoms with Crippen molar-refractivity contribution in [2.45, 2.75) is 167 Å². The van der Waals surface area contributed by atoms with Crippen molar-refractivity contribution >= 4 is 0 Å². The Morgan fingerprint density at radius 3 is 0.824 bits per heavy atom. The monoisotopic (exact) mass is 484 g/mol. The molecule has 0 unspecified atom stereocenters. The maximum absolute atomic E-state index is 8.89. The summed E-state index contributed by atoms with van der Waals surface area (Å²) in [7, 11) is 0. The number of aliphatic hydroxyl groups excluding tert-OH is 2. The highest BCUT2D eigenvalue weighted by atomic mass is 16.3. The maximum Gasteiger partial charge on any atom is 0.0431 e. The second-order valence-electron chi connectivity index (χ2n) is 10.8. The number of unbranched alkanes of at least 4 members (excludes halogenated alkanes) is 22. The van der Waals surface area contributed by atoms with Gasteiger partial charge >= 0.3 is 0 Å². The van der Waals surface area contributed by atoms with Crippen molar-refractivity contribution in [3.8, 4) is 0 Å². The zero-order valence-corrected chi connectivity index (χ0v) is 23.6. The van der Waals surface area contributed by atoms with Crippen LogP contribution in [0.25, 0.3) is 0 Å². The van der Waals surface area contributed by atoms with Gasteiger partial charge in [0.2, 0.25) is 0 Å². The van der Waals surface area contributed by atoms with Gasteiger partial charge in [-0.2, -0.15) is 0 Å². The van der Waals surface area contributed by atoms with Crippen LogP contribution in [0.5, 0.6) is 0 Å². The molecule has 0 saturated carbocycles. The number of aliphatic hydroxyl groups is 2. The van der Waals surface area contributed by atoms with Gasteiger partial charge in [-0.15, -0.1) is 0 Å². The molecule has 0 saturated heterocycles. The Kier molecular flexibility index (Phi) is 30.8. The SMILES string of the molecule is CCCCCCCCCCCCCN(CCCCCCCCCO)CCCCCCCCCO. The Bertz CT molecular complexity index is 330. The number of hydrogen-bond donors (Lipinski definition) is 2. The van der Waals surface area contributed by atoms with Crippen molar-refractivity contribution in [2.24, 2.45) is 0 Å². The van der Waals surface area contributed by atoms with Gasteiger partial charge in [0.1, 0.15) is 0 Å². The Morgan fingerprint density at radius 2 is 0.559 bits per heavy atom. The highest BCUT2D eigenvalue weighted by molar-refractivity contribution is 4.61. The third-order valence-electron chi connectivity index (χ3n) is 7.34. The zero-order valence-electron chi connectivity index (χ0n) is 23.6. The molecule has 0 heterocycles. The van der Waals surface area contributed by atoms with Gasteiger partial charge in [-0.3, -0.25) is 0 Å². The summed E-state index contributed by atoms with van der Waals surface area (Å²) in [5, 5.41) is 17.8. The summed E-state index contributed by atoms with van der Waals surface area (Å²) in [4.78, 5) is 2.77. The lowest BCUT2D eigenvalue weighted by Crippen LogP contribution is -2.27. The van der Waals surface area contributed by atoms with Crippen LogP contribution in [0.15, 0.2) is 0 Å². The highest BCUT2D eigenvalue weighted by Crippen LogP contribution is 2.13. The van der Waals surface area contributed by atoms with Gasteiger partial charge in [0.25, 0.3) is 0 Å². The fourth-order valence-corrected chi connectivity index (χ4v) is 5.00. The smallest absolute Gasteiger partial charge is 0.0431 e. The van der Waals surface area contributed by atoms with Crippen LogP contribution in [0.2, 0.25) is 0 Å². The minimum atomic E-state index is 0.358. The van der Waals surface area contributed by atoms with Crippen LogP contribution in [0.4, 0.5) is 0 Å². The van der Waals surface area contributed by atoms with E-state index in [1.165, 1.54) is 167 Å². The van der Waals surface area contributed by atoms with Crippen molar-refractivity contribution in [1.82, 2.24) is 4.90 Å². The first-order chi connectivity index (χ1) is 16.8. The van der Waals surface area contributed by atoms with E-state index in [1.54, 1.807) is 0 Å². The molecule has 0 aliphatic heterocycles. The average molecular weight is 484 g/mol. The molecule has 0 bridgehead atoms. The summed E-state index contributed by atoms with van der Waals surface area (Å²) in [6, 6.07) is 0. The molecule has 0 rings (SSSR count). The minimum absolute atomic E-state index is 0.358. The summed E-state index contributed by atoms with van der Waals surface area (Å²) >= 11 is 0. The molecule has 0 aliphatic rings. The highest BCUT2D eigenvalue weighted by Gasteiger charge is 2.05. The number of hydrogen-bond acceptors (Lipinski definition) is 3. The molecule has 3 heteroatoms. The summed E-state index contributed by atoms with van der Waals surface area (Å²) in [6.07, 6.45) is 33.5. The van der Waals surface area contributed by atoms with Crippen molar-refractivity contribution in [2.75, 3.05) is 32.8 Å². The van der Waals surface area contributed by atoms with Crippen LogP contribution < -0.4 is 0 Å². The minimum Gasteiger partial charge on any atom is -0.396 e. The fourth-order valence-electron chi connectivity index (χ4n) is 5.00. The van der Waals surface area contributed by atoms with Gasteiger partial charge < -0.3 is 15.1 Å². The van der Waals surface area contributed by atoms with E-state index in [0.717, 1.165) is 12.8 Å². The van der Waals surface area contributed by atoms with Gasteiger partial charge in [0.05, 0.1) is 0 Å². The molecule has 0 amide bonds. The molecular formula is C31H65NO2. The Morgan fingerprint density at radius 1 is 0.324 bits per heavy atom. The molecule has 0 aliphatic carbocycles. The zero-order chi connectivity index (χ0) is 24.8. The molecular weight excluding hydrogens is 418 g/mol. The molecule has 2 N–H and O–H groups in total. The summed E-state index contributed by atoms with van der Waals surface area (Å²) in [5.74, 6) is 0. The molecule has 0 aromatic rings. The molecule has 34 heavy (non-hydrogen) atoms. The van der Waals surface area contributed by atoms with Crippen LogP contribution in [-0.2, 0) is 0 Å². The average Bonchev–Trinajstić information content (AvgIpc) is 2.85. The first-order valence-corrected chi connectivity index (χ1v) is 15.8. The Hall–Kier alpha value is -0.120. The van der Waals surface area contributed by atoms with Gasteiger partial charge in [0, 0.05) is 13.2 Å². The van der Waals surface area contributed by atoms with Gasteiger partial charge in [0.15, 0.2) is 0 Å². The van der Waals surface area contributed by atoms with Crippen molar-refractivity contribution in [1.29, 1.82) is 0 Å². The molecule has 0 aromatic carbocycles. The molecule has 3 nitrogen and oxygen atoms in total. The largest absolute Gasteiger partial charge is 0.396 e. The molecule has 0 spiro atoms. The first-order valence-electron chi connectivity index (χ1n) is 15.8. The van der Waals surface area contributed by atoms with E-state index < -0.39 is 0 Å². The number of rotatable bonds is 30. The molecule has 0 fully saturated rings. The van der Waals surface area contributed by atoms with Crippen molar-refractivity contribution < 1.29 is 10.2 Å². The lowest BCUT2D eigenvalue weighted by atomic mass is 10.1. The van der Waals surface area contributed by atoms with Crippen molar-refractivity contribution in [3.63, 3.8) is 0 Å². The number of nitrogens with zero attached hydrogens (tertiary/aromatic N) is 1. The molecule has 0 atom stereocenters. The Labute approximate surface area is 215 Å². The van der Waals surface area contributed by atoms with E-state index in [9.17, 15) is 0 Å². The van der Waals surface area contributed by atoms with Crippen LogP contribution in [0.1, 0.15) is 167 Å². The molecule has 0 radical (unpaired) electrons. The van der Waals surface area contributed by atoms with Crippen LogP contribution in [0, 0.1) is 0 Å². The maximum atomic E-state index is 8.89. The van der Waals surface area contributed by atoms with E-state index in [-0.39, 0.29) is 0 Å². The van der Waals surface area contributed by atoms with Gasteiger partial charge in [-0.25, -0.2) is 0 Å². The topological polar surface area (TPSA) is 43.7 Å². The van der Waals surface area contributed by atoms with Crippen molar-refractivity contribution in [3.05, 3.63) is 0 Å². The van der Waals surface area contributed by atoms with E-state index >= 15 is 0 Å². The van der Waals surface area contributed by atoms with E-state index in [2.05, 4.69) is 11.8 Å². The predicted octanol–water partition coefficient (Wildman–Crippen LogP) is 9.05. The summed E-state index contributed by atoms with van der Waals surface area (Å²) in [5.41, 5.74) is 0. The normalized spacial score (nSPS) is 11.6. The lowest BCUT2D eigenvalue weighted by Gasteiger charge is -2.22. The summed E-state index contributed by atoms with van der Waals surface area (Å²) in [6.45, 7) is 6.92. The third kappa shape index (κ3) is 28.1. The van der Waals surface area contributed by atoms with E-state index in [0.29, 0.717) is 13.2 Å². The summed E-state index contributed by atoms with van der Waals surface area (Å²) < 4.78 is 0. The predicted molar refractivity (Wildman–Crippen MR) is 152 cm³/mol. The van der Waals surface area contributed by atoms with Gasteiger partial charge in [-0.1, -0.05) is 135 Å². The second kappa shape index (κ2) is 30.9.